The number of benzene rings is 1. The number of ether oxygens (including phenoxy) is 3. The van der Waals surface area contributed by atoms with E-state index in [1.165, 1.54) is 0 Å². The van der Waals surface area contributed by atoms with Crippen molar-refractivity contribution in [2.24, 2.45) is 0 Å². The number of rotatable bonds is 8. The first-order valence-electron chi connectivity index (χ1n) is 13.9. The van der Waals surface area contributed by atoms with E-state index in [2.05, 4.69) is 25.3 Å². The van der Waals surface area contributed by atoms with Crippen LogP contribution in [0.25, 0.3) is 22.4 Å². The Bertz CT molecular complexity index is 1320. The maximum absolute atomic E-state index is 13.1. The van der Waals surface area contributed by atoms with Crippen LogP contribution in [0.15, 0.2) is 42.6 Å². The molecule has 40 heavy (non-hydrogen) atoms. The van der Waals surface area contributed by atoms with Gasteiger partial charge in [0.25, 0.3) is 0 Å². The predicted octanol–water partition coefficient (Wildman–Crippen LogP) is 5.26. The zero-order chi connectivity index (χ0) is 28.3. The fraction of sp³-hybridized carbons (Fsp3) is 0.500. The van der Waals surface area contributed by atoms with Gasteiger partial charge in [0.05, 0.1) is 23.6 Å². The molecule has 10 nitrogen and oxygen atoms in total. The van der Waals surface area contributed by atoms with Crippen LogP contribution < -0.4 is 9.64 Å². The van der Waals surface area contributed by atoms with E-state index in [1.807, 2.05) is 69.0 Å². The van der Waals surface area contributed by atoms with Crippen molar-refractivity contribution >= 4 is 11.9 Å². The second kappa shape index (κ2) is 11.8. The minimum Gasteiger partial charge on any atom is -0.467 e. The number of nitrogens with zero attached hydrogens (tertiary/aromatic N) is 6. The van der Waals surface area contributed by atoms with Crippen LogP contribution >= 0.6 is 0 Å². The largest absolute Gasteiger partial charge is 0.467 e. The zero-order valence-electron chi connectivity index (χ0n) is 24.0. The van der Waals surface area contributed by atoms with Gasteiger partial charge in [-0.15, -0.1) is 10.2 Å². The highest BCUT2D eigenvalue weighted by molar-refractivity contribution is 5.74. The molecule has 3 heterocycles. The predicted molar refractivity (Wildman–Crippen MR) is 152 cm³/mol. The number of hydrogen-bond acceptors (Lipinski definition) is 9. The van der Waals surface area contributed by atoms with Crippen molar-refractivity contribution < 1.29 is 19.0 Å². The van der Waals surface area contributed by atoms with Gasteiger partial charge in [-0.25, -0.2) is 4.79 Å². The van der Waals surface area contributed by atoms with Crippen LogP contribution in [0.2, 0.25) is 0 Å². The Morgan fingerprint density at radius 2 is 1.85 bits per heavy atom. The van der Waals surface area contributed by atoms with Crippen molar-refractivity contribution in [3.05, 3.63) is 48.3 Å². The van der Waals surface area contributed by atoms with Crippen LogP contribution in [0.3, 0.4) is 0 Å². The fourth-order valence-electron chi connectivity index (χ4n) is 5.18. The molecule has 2 fully saturated rings. The van der Waals surface area contributed by atoms with Crippen LogP contribution in [-0.2, 0) is 9.47 Å². The lowest BCUT2D eigenvalue weighted by atomic mass is 9.90. The van der Waals surface area contributed by atoms with Crippen molar-refractivity contribution in [3.63, 3.8) is 0 Å². The molecule has 1 saturated carbocycles. The van der Waals surface area contributed by atoms with Gasteiger partial charge in [0.15, 0.2) is 12.6 Å². The Balaban J connectivity index is 1.33. The highest BCUT2D eigenvalue weighted by Gasteiger charge is 2.40. The van der Waals surface area contributed by atoms with E-state index in [9.17, 15) is 4.79 Å². The van der Waals surface area contributed by atoms with E-state index in [4.69, 9.17) is 14.2 Å². The summed E-state index contributed by atoms with van der Waals surface area (Å²) < 4.78 is 16.8. The third-order valence-corrected chi connectivity index (χ3v) is 7.30. The third kappa shape index (κ3) is 6.33. The highest BCUT2D eigenvalue weighted by Crippen LogP contribution is 2.35. The Morgan fingerprint density at radius 3 is 2.50 bits per heavy atom. The number of aryl methyl sites for hydroxylation is 1. The molecule has 10 heteroatoms. The Kier molecular flexibility index (Phi) is 8.16. The van der Waals surface area contributed by atoms with Gasteiger partial charge in [0, 0.05) is 37.4 Å². The average molecular weight is 547 g/mol. The molecule has 0 unspecified atom stereocenters. The number of aromatic nitrogens is 4. The quantitative estimate of drug-likeness (QED) is 0.350. The maximum Gasteiger partial charge on any atom is 0.410 e. The highest BCUT2D eigenvalue weighted by atomic mass is 16.7. The van der Waals surface area contributed by atoms with Crippen LogP contribution in [0, 0.1) is 6.92 Å². The number of carbonyl (C=O) groups is 1. The zero-order valence-corrected chi connectivity index (χ0v) is 24.0. The van der Waals surface area contributed by atoms with Crippen LogP contribution in [-0.4, -0.2) is 76.1 Å². The summed E-state index contributed by atoms with van der Waals surface area (Å²) in [7, 11) is 1.59. The van der Waals surface area contributed by atoms with Gasteiger partial charge in [0.2, 0.25) is 0 Å². The van der Waals surface area contributed by atoms with Gasteiger partial charge in [-0.2, -0.15) is 10.2 Å². The number of amides is 1. The summed E-state index contributed by atoms with van der Waals surface area (Å²) in [6.07, 6.45) is 5.62. The Labute approximate surface area is 235 Å². The summed E-state index contributed by atoms with van der Waals surface area (Å²) in [4.78, 5) is 17.3. The lowest BCUT2D eigenvalue weighted by Crippen LogP contribution is -2.52. The molecule has 1 aliphatic carbocycles. The summed E-state index contributed by atoms with van der Waals surface area (Å²) in [5.74, 6) is 1.43. The smallest absolute Gasteiger partial charge is 0.410 e. The first-order valence-corrected chi connectivity index (χ1v) is 13.9. The van der Waals surface area contributed by atoms with E-state index in [1.54, 1.807) is 13.3 Å². The molecule has 2 aromatic heterocycles. The molecule has 212 valence electrons. The monoisotopic (exact) mass is 546 g/mol. The van der Waals surface area contributed by atoms with Crippen molar-refractivity contribution in [2.75, 3.05) is 31.9 Å². The molecule has 0 spiro atoms. The van der Waals surface area contributed by atoms with E-state index < -0.39 is 5.60 Å². The second-order valence-electron chi connectivity index (χ2n) is 11.5. The second-order valence-corrected chi connectivity index (χ2v) is 11.5. The minimum atomic E-state index is -0.517. The molecule has 0 N–H and O–H groups in total. The van der Waals surface area contributed by atoms with Gasteiger partial charge in [-0.05, 0) is 89.3 Å². The van der Waals surface area contributed by atoms with Crippen molar-refractivity contribution in [1.82, 2.24) is 25.3 Å². The lowest BCUT2D eigenvalue weighted by molar-refractivity contribution is -0.00351. The topological polar surface area (TPSA) is 103 Å². The molecule has 0 radical (unpaired) electrons. The number of methoxy groups -OCH3 is 1. The molecule has 0 bridgehead atoms. The molecule has 1 aliphatic heterocycles. The maximum atomic E-state index is 13.1. The average Bonchev–Trinajstić information content (AvgIpc) is 3.38. The molecule has 1 aromatic carbocycles. The summed E-state index contributed by atoms with van der Waals surface area (Å²) >= 11 is 0. The van der Waals surface area contributed by atoms with Gasteiger partial charge in [-0.3, -0.25) is 0 Å². The Hall–Kier alpha value is -3.79. The van der Waals surface area contributed by atoms with E-state index >= 15 is 0 Å². The summed E-state index contributed by atoms with van der Waals surface area (Å²) in [5.41, 5.74) is 3.75. The van der Waals surface area contributed by atoms with Crippen molar-refractivity contribution in [2.45, 2.75) is 71.1 Å². The van der Waals surface area contributed by atoms with Gasteiger partial charge < -0.3 is 24.0 Å². The van der Waals surface area contributed by atoms with Crippen molar-refractivity contribution in [3.8, 4) is 28.1 Å². The lowest BCUT2D eigenvalue weighted by Gasteiger charge is -2.41. The third-order valence-electron chi connectivity index (χ3n) is 7.30. The van der Waals surface area contributed by atoms with Gasteiger partial charge >= 0.3 is 6.09 Å². The number of anilines is 1. The minimum absolute atomic E-state index is 0.0922. The SMILES string of the molecule is COCOc1cc(-c2cnnc(C)c2)ccc1-c1ccc(N2CC[C@@H](N(C(=O)OC(C)(C)C)C3CCC3)C2)nn1. The molecular weight excluding hydrogens is 508 g/mol. The molecule has 5 rings (SSSR count). The Morgan fingerprint density at radius 1 is 1.02 bits per heavy atom. The molecule has 3 aromatic rings. The van der Waals surface area contributed by atoms with Crippen molar-refractivity contribution in [1.29, 1.82) is 0 Å². The van der Waals surface area contributed by atoms with E-state index in [0.717, 1.165) is 60.4 Å². The molecule has 2 aliphatic rings. The summed E-state index contributed by atoms with van der Waals surface area (Å²) in [6.45, 7) is 9.28. The van der Waals surface area contributed by atoms with Gasteiger partial charge in [0.1, 0.15) is 11.4 Å². The number of carbonyl (C=O) groups excluding carboxylic acids is 1. The summed E-state index contributed by atoms with van der Waals surface area (Å²) in [5, 5.41) is 17.2. The van der Waals surface area contributed by atoms with E-state index in [-0.39, 0.29) is 25.0 Å². The summed E-state index contributed by atoms with van der Waals surface area (Å²) in [6, 6.07) is 12.2. The first kappa shape index (κ1) is 27.8. The number of hydrogen-bond donors (Lipinski definition) is 0. The molecule has 1 atom stereocenters. The molecule has 1 saturated heterocycles. The molecule has 1 amide bonds. The fourth-order valence-corrected chi connectivity index (χ4v) is 5.18. The van der Waals surface area contributed by atoms with Gasteiger partial charge in [-0.1, -0.05) is 6.07 Å². The normalized spacial score (nSPS) is 17.4. The van der Waals surface area contributed by atoms with Crippen LogP contribution in [0.5, 0.6) is 5.75 Å². The van der Waals surface area contributed by atoms with Crippen LogP contribution in [0.1, 0.15) is 52.1 Å². The molecular formula is C30H38N6O4. The van der Waals surface area contributed by atoms with Crippen LogP contribution in [0.4, 0.5) is 10.6 Å². The first-order chi connectivity index (χ1) is 19.2. The standard InChI is InChI=1S/C30H38N6O4/c1-20-15-22(17-31-32-20)21-9-10-25(27(16-21)39-19-38-5)26-11-12-28(34-33-26)35-14-13-24(18-35)36(23-7-6-8-23)29(37)40-30(2,3)4/h9-12,15-17,23-24H,6-8,13-14,18-19H2,1-5H3/t24-/m1/s1. The van der Waals surface area contributed by atoms with E-state index in [0.29, 0.717) is 18.0 Å².